The van der Waals surface area contributed by atoms with E-state index in [1.807, 2.05) is 20.8 Å². The standard InChI is InChI=1S/C20H30O6/c1-9-5-11(21)15-10(2)8-25-20(4)14(23)6-13(22)19(3,24)7-12-16(9)17(15)18(20)26-12/h5,10,12-18,22-24H,6-8H2,1-4H3/t10?,12?,13-,14-,15?,16?,17?,18?,19-,20+/m1/s1. The third kappa shape index (κ3) is 2.46. The number of hydrogen-bond acceptors (Lipinski definition) is 6. The van der Waals surface area contributed by atoms with E-state index in [9.17, 15) is 20.1 Å². The van der Waals surface area contributed by atoms with E-state index in [4.69, 9.17) is 9.47 Å². The van der Waals surface area contributed by atoms with Crippen molar-refractivity contribution in [1.29, 1.82) is 0 Å². The van der Waals surface area contributed by atoms with E-state index in [-0.39, 0.29) is 48.4 Å². The lowest BCUT2D eigenvalue weighted by Gasteiger charge is -2.43. The largest absolute Gasteiger partial charge is 0.390 e. The Labute approximate surface area is 154 Å². The van der Waals surface area contributed by atoms with Gasteiger partial charge in [-0.05, 0) is 32.8 Å². The van der Waals surface area contributed by atoms with Gasteiger partial charge in [0.25, 0.3) is 0 Å². The smallest absolute Gasteiger partial charge is 0.159 e. The normalized spacial score (nSPS) is 56.9. The minimum Gasteiger partial charge on any atom is -0.390 e. The summed E-state index contributed by atoms with van der Waals surface area (Å²) in [6.45, 7) is 7.73. The first kappa shape index (κ1) is 18.6. The van der Waals surface area contributed by atoms with Gasteiger partial charge in [0.15, 0.2) is 5.78 Å². The Morgan fingerprint density at radius 3 is 2.58 bits per heavy atom. The van der Waals surface area contributed by atoms with Gasteiger partial charge in [-0.25, -0.2) is 0 Å². The van der Waals surface area contributed by atoms with Crippen LogP contribution in [0.1, 0.15) is 40.5 Å². The van der Waals surface area contributed by atoms with Gasteiger partial charge in [0.2, 0.25) is 0 Å². The lowest BCUT2D eigenvalue weighted by atomic mass is 9.62. The quantitative estimate of drug-likeness (QED) is 0.588. The van der Waals surface area contributed by atoms with Crippen LogP contribution in [0, 0.1) is 23.7 Å². The highest BCUT2D eigenvalue weighted by molar-refractivity contribution is 5.94. The highest BCUT2D eigenvalue weighted by Gasteiger charge is 2.64. The average Bonchev–Trinajstić information content (AvgIpc) is 2.86. The third-order valence-electron chi connectivity index (χ3n) is 7.40. The van der Waals surface area contributed by atoms with Crippen LogP contribution in [-0.4, -0.2) is 63.3 Å². The molecule has 6 unspecified atom stereocenters. The first-order chi connectivity index (χ1) is 12.1. The number of fused-ring (bicyclic) bond motifs is 2. The second-order valence-electron chi connectivity index (χ2n) is 9.32. The van der Waals surface area contributed by atoms with Gasteiger partial charge in [0, 0.05) is 30.6 Å². The molecule has 3 N–H and O–H groups in total. The van der Waals surface area contributed by atoms with Crippen LogP contribution in [0.4, 0.5) is 0 Å². The van der Waals surface area contributed by atoms with E-state index >= 15 is 0 Å². The lowest BCUT2D eigenvalue weighted by Crippen LogP contribution is -2.56. The minimum absolute atomic E-state index is 0.00921. The number of rotatable bonds is 0. The average molecular weight is 366 g/mol. The van der Waals surface area contributed by atoms with E-state index in [0.29, 0.717) is 6.61 Å². The molecule has 0 amide bonds. The second-order valence-corrected chi connectivity index (χ2v) is 9.32. The minimum atomic E-state index is -1.38. The summed E-state index contributed by atoms with van der Waals surface area (Å²) >= 11 is 0. The zero-order valence-electron chi connectivity index (χ0n) is 15.9. The zero-order chi connectivity index (χ0) is 19.0. The maximum atomic E-state index is 12.8. The molecule has 4 rings (SSSR count). The van der Waals surface area contributed by atoms with Crippen molar-refractivity contribution in [2.75, 3.05) is 6.61 Å². The van der Waals surface area contributed by atoms with Gasteiger partial charge >= 0.3 is 0 Å². The molecule has 3 heterocycles. The highest BCUT2D eigenvalue weighted by Crippen LogP contribution is 2.55. The summed E-state index contributed by atoms with van der Waals surface area (Å²) in [5, 5.41) is 32.4. The van der Waals surface area contributed by atoms with Crippen molar-refractivity contribution >= 4 is 5.78 Å². The van der Waals surface area contributed by atoms with Crippen molar-refractivity contribution in [3.05, 3.63) is 11.6 Å². The Morgan fingerprint density at radius 2 is 1.88 bits per heavy atom. The second kappa shape index (κ2) is 5.85. The fourth-order valence-electron chi connectivity index (χ4n) is 5.79. The van der Waals surface area contributed by atoms with Crippen LogP contribution >= 0.6 is 0 Å². The van der Waals surface area contributed by atoms with Gasteiger partial charge in [-0.3, -0.25) is 4.79 Å². The zero-order valence-corrected chi connectivity index (χ0v) is 15.9. The molecule has 2 bridgehead atoms. The van der Waals surface area contributed by atoms with Crippen molar-refractivity contribution in [3.63, 3.8) is 0 Å². The number of hydrogen-bond donors (Lipinski definition) is 3. The van der Waals surface area contributed by atoms with Crippen molar-refractivity contribution < 1.29 is 29.6 Å². The first-order valence-electron chi connectivity index (χ1n) is 9.66. The first-order valence-corrected chi connectivity index (χ1v) is 9.66. The van der Waals surface area contributed by atoms with Crippen LogP contribution in [0.2, 0.25) is 0 Å². The summed E-state index contributed by atoms with van der Waals surface area (Å²) in [4.78, 5) is 12.8. The van der Waals surface area contributed by atoms with Crippen molar-refractivity contribution in [2.45, 2.75) is 76.2 Å². The molecule has 3 fully saturated rings. The summed E-state index contributed by atoms with van der Waals surface area (Å²) in [7, 11) is 0. The molecule has 0 aromatic rings. The summed E-state index contributed by atoms with van der Waals surface area (Å²) < 4.78 is 12.6. The summed E-state index contributed by atoms with van der Waals surface area (Å²) in [5.41, 5.74) is -1.45. The molecule has 10 atom stereocenters. The molecule has 6 nitrogen and oxygen atoms in total. The number of allylic oxidation sites excluding steroid dienone is 1. The Morgan fingerprint density at radius 1 is 1.19 bits per heavy atom. The maximum absolute atomic E-state index is 12.8. The molecule has 146 valence electrons. The molecular weight excluding hydrogens is 336 g/mol. The summed E-state index contributed by atoms with van der Waals surface area (Å²) in [5.74, 6) is -0.182. The predicted molar refractivity (Wildman–Crippen MR) is 93.3 cm³/mol. The van der Waals surface area contributed by atoms with Crippen LogP contribution in [-0.2, 0) is 14.3 Å². The fraction of sp³-hybridized carbons (Fsp3) is 0.850. The van der Waals surface area contributed by atoms with Crippen molar-refractivity contribution in [1.82, 2.24) is 0 Å². The highest BCUT2D eigenvalue weighted by atomic mass is 16.6. The molecule has 0 aromatic carbocycles. The number of ether oxygens (including phenoxy) is 2. The number of ketones is 1. The third-order valence-corrected chi connectivity index (χ3v) is 7.40. The summed E-state index contributed by atoms with van der Waals surface area (Å²) in [6.07, 6.45) is -0.859. The molecule has 3 aliphatic heterocycles. The Hall–Kier alpha value is -0.790. The van der Waals surface area contributed by atoms with Gasteiger partial charge in [-0.2, -0.15) is 0 Å². The van der Waals surface area contributed by atoms with Crippen LogP contribution < -0.4 is 0 Å². The van der Waals surface area contributed by atoms with Crippen molar-refractivity contribution in [2.24, 2.45) is 23.7 Å². The maximum Gasteiger partial charge on any atom is 0.159 e. The van der Waals surface area contributed by atoms with Gasteiger partial charge < -0.3 is 24.8 Å². The SMILES string of the molecule is CC1=CC(=O)C2C(C)CO[C@]3(C)C4OC(C[C@@](C)(O)[C@H](O)C[C@H]3O)C1C24. The number of carbonyl (C=O) groups is 1. The predicted octanol–water partition coefficient (Wildman–Crippen LogP) is 0.823. The Kier molecular flexibility index (Phi) is 4.18. The van der Waals surface area contributed by atoms with Gasteiger partial charge in [-0.15, -0.1) is 0 Å². The summed E-state index contributed by atoms with van der Waals surface area (Å²) in [6, 6.07) is 0. The number of carbonyl (C=O) groups excluding carboxylic acids is 1. The van der Waals surface area contributed by atoms with Crippen LogP contribution in [0.3, 0.4) is 0 Å². The molecule has 0 aromatic heterocycles. The topological polar surface area (TPSA) is 96.2 Å². The monoisotopic (exact) mass is 366 g/mol. The van der Waals surface area contributed by atoms with E-state index in [2.05, 4.69) is 0 Å². The number of aliphatic hydroxyl groups is 3. The molecule has 0 saturated carbocycles. The molecule has 0 radical (unpaired) electrons. The molecule has 3 saturated heterocycles. The fourth-order valence-corrected chi connectivity index (χ4v) is 5.79. The molecule has 6 heteroatoms. The number of aliphatic hydroxyl groups excluding tert-OH is 2. The van der Waals surface area contributed by atoms with Gasteiger partial charge in [-0.1, -0.05) is 12.5 Å². The van der Waals surface area contributed by atoms with Crippen LogP contribution in [0.25, 0.3) is 0 Å². The molecule has 4 aliphatic rings. The lowest BCUT2D eigenvalue weighted by molar-refractivity contribution is -0.187. The van der Waals surface area contributed by atoms with Crippen molar-refractivity contribution in [3.8, 4) is 0 Å². The molecular formula is C20H30O6. The van der Waals surface area contributed by atoms with E-state index in [0.717, 1.165) is 5.57 Å². The van der Waals surface area contributed by atoms with E-state index < -0.39 is 29.5 Å². The van der Waals surface area contributed by atoms with E-state index in [1.54, 1.807) is 13.0 Å². The van der Waals surface area contributed by atoms with Gasteiger partial charge in [0.05, 0.1) is 36.6 Å². The molecule has 0 spiro atoms. The van der Waals surface area contributed by atoms with E-state index in [1.165, 1.54) is 0 Å². The molecule has 1 aliphatic carbocycles. The van der Waals surface area contributed by atoms with Crippen LogP contribution in [0.15, 0.2) is 11.6 Å². The van der Waals surface area contributed by atoms with Gasteiger partial charge in [0.1, 0.15) is 5.60 Å². The Bertz CT molecular complexity index is 642. The molecule has 26 heavy (non-hydrogen) atoms. The Balaban J connectivity index is 1.88. The van der Waals surface area contributed by atoms with Crippen LogP contribution in [0.5, 0.6) is 0 Å².